The van der Waals surface area contributed by atoms with E-state index in [0.29, 0.717) is 12.3 Å². The lowest BCUT2D eigenvalue weighted by Crippen LogP contribution is -2.46. The lowest BCUT2D eigenvalue weighted by molar-refractivity contribution is -0.138. The van der Waals surface area contributed by atoms with Crippen molar-refractivity contribution < 1.29 is 9.90 Å². The maximum absolute atomic E-state index is 10.8. The van der Waals surface area contributed by atoms with E-state index in [9.17, 15) is 4.79 Å². The molecular weight excluding hydrogens is 350 g/mol. The molecule has 3 rings (SSSR count). The fourth-order valence-electron chi connectivity index (χ4n) is 4.88. The van der Waals surface area contributed by atoms with E-state index in [1.165, 1.54) is 70.3 Å². The fraction of sp³-hybridized carbons (Fsp3) is 0.739. The molecule has 1 aromatic heterocycles. The van der Waals surface area contributed by atoms with Crippen molar-refractivity contribution in [1.82, 2.24) is 9.88 Å². The van der Waals surface area contributed by atoms with Crippen molar-refractivity contribution in [2.75, 3.05) is 37.6 Å². The zero-order chi connectivity index (χ0) is 19.6. The van der Waals surface area contributed by atoms with Crippen molar-refractivity contribution in [3.63, 3.8) is 0 Å². The third-order valence-corrected chi connectivity index (χ3v) is 6.67. The highest BCUT2D eigenvalue weighted by atomic mass is 16.4. The molecule has 5 nitrogen and oxygen atoms in total. The van der Waals surface area contributed by atoms with Gasteiger partial charge in [-0.3, -0.25) is 14.7 Å². The molecule has 156 valence electrons. The van der Waals surface area contributed by atoms with E-state index in [0.717, 1.165) is 31.8 Å². The van der Waals surface area contributed by atoms with Crippen LogP contribution in [-0.2, 0) is 4.79 Å². The molecule has 2 aliphatic rings. The van der Waals surface area contributed by atoms with Crippen LogP contribution < -0.4 is 4.90 Å². The number of nitrogens with zero attached hydrogens (tertiary/aromatic N) is 3. The molecule has 1 N–H and O–H groups in total. The van der Waals surface area contributed by atoms with Crippen LogP contribution in [0.4, 0.5) is 5.69 Å². The average Bonchev–Trinajstić information content (AvgIpc) is 2.72. The number of pyridine rings is 1. The van der Waals surface area contributed by atoms with Crippen molar-refractivity contribution in [2.45, 2.75) is 64.2 Å². The smallest absolute Gasteiger partial charge is 0.303 e. The number of carboxylic acid groups (broad SMARTS) is 1. The van der Waals surface area contributed by atoms with Gasteiger partial charge in [-0.15, -0.1) is 0 Å². The minimum Gasteiger partial charge on any atom is -0.481 e. The largest absolute Gasteiger partial charge is 0.481 e. The van der Waals surface area contributed by atoms with E-state index in [-0.39, 0.29) is 0 Å². The van der Waals surface area contributed by atoms with E-state index < -0.39 is 5.97 Å². The Morgan fingerprint density at radius 3 is 2.25 bits per heavy atom. The number of unbranched alkanes of at least 4 members (excludes halogenated alkanes) is 3. The Balaban J connectivity index is 1.18. The van der Waals surface area contributed by atoms with Gasteiger partial charge in [0.2, 0.25) is 0 Å². The van der Waals surface area contributed by atoms with Gasteiger partial charge in [-0.05, 0) is 49.8 Å². The molecule has 2 fully saturated rings. The van der Waals surface area contributed by atoms with Crippen molar-refractivity contribution in [1.29, 1.82) is 0 Å². The summed E-state index contributed by atoms with van der Waals surface area (Å²) in [5.74, 6) is 0.668. The maximum Gasteiger partial charge on any atom is 0.303 e. The molecule has 0 spiro atoms. The monoisotopic (exact) mass is 387 g/mol. The maximum atomic E-state index is 10.8. The summed E-state index contributed by atoms with van der Waals surface area (Å²) in [6, 6.07) is 4.21. The SMILES string of the molecule is O=C(O)CC1CCC(CCCCCCN2CCN(c3ccncc3)CC2)CC1. The van der Waals surface area contributed by atoms with E-state index in [4.69, 9.17) is 5.11 Å². The van der Waals surface area contributed by atoms with E-state index in [2.05, 4.69) is 26.9 Å². The highest BCUT2D eigenvalue weighted by molar-refractivity contribution is 5.67. The Morgan fingerprint density at radius 2 is 1.57 bits per heavy atom. The molecule has 1 saturated carbocycles. The van der Waals surface area contributed by atoms with Crippen molar-refractivity contribution in [2.24, 2.45) is 11.8 Å². The second-order valence-corrected chi connectivity index (χ2v) is 8.72. The summed E-state index contributed by atoms with van der Waals surface area (Å²) in [6.07, 6.45) is 15.6. The number of piperazine rings is 1. The van der Waals surface area contributed by atoms with Crippen LogP contribution >= 0.6 is 0 Å². The van der Waals surface area contributed by atoms with Crippen molar-refractivity contribution >= 4 is 11.7 Å². The second-order valence-electron chi connectivity index (χ2n) is 8.72. The Hall–Kier alpha value is -1.62. The van der Waals surface area contributed by atoms with Crippen LogP contribution in [-0.4, -0.2) is 53.7 Å². The molecule has 2 heterocycles. The molecule has 0 bridgehead atoms. The predicted octanol–water partition coefficient (Wildman–Crippen LogP) is 4.44. The summed E-state index contributed by atoms with van der Waals surface area (Å²) in [5.41, 5.74) is 1.30. The van der Waals surface area contributed by atoms with E-state index >= 15 is 0 Å². The molecule has 0 aromatic carbocycles. The molecule has 0 amide bonds. The minimum absolute atomic E-state index is 0.379. The van der Waals surface area contributed by atoms with Gasteiger partial charge >= 0.3 is 5.97 Å². The molecule has 28 heavy (non-hydrogen) atoms. The molecule has 0 radical (unpaired) electrons. The summed E-state index contributed by atoms with van der Waals surface area (Å²) in [5, 5.41) is 8.91. The number of carbonyl (C=O) groups is 1. The Kier molecular flexibility index (Phi) is 8.59. The number of aliphatic carboxylic acids is 1. The van der Waals surface area contributed by atoms with Crippen LogP contribution in [0.1, 0.15) is 64.2 Å². The quantitative estimate of drug-likeness (QED) is 0.602. The predicted molar refractivity (Wildman–Crippen MR) is 114 cm³/mol. The molecule has 0 unspecified atom stereocenters. The number of hydrogen-bond donors (Lipinski definition) is 1. The third kappa shape index (κ3) is 7.08. The van der Waals surface area contributed by atoms with Crippen molar-refractivity contribution in [3.8, 4) is 0 Å². The van der Waals surface area contributed by atoms with E-state index in [1.54, 1.807) is 0 Å². The Labute approximate surface area is 170 Å². The first-order valence-corrected chi connectivity index (χ1v) is 11.3. The zero-order valence-electron chi connectivity index (χ0n) is 17.3. The van der Waals surface area contributed by atoms with Crippen LogP contribution in [0, 0.1) is 11.8 Å². The zero-order valence-corrected chi connectivity index (χ0v) is 17.3. The standard InChI is InChI=1S/C23H37N3O2/c27-23(28)19-21-8-6-20(7-9-21)5-3-1-2-4-14-25-15-17-26(18-16-25)22-10-12-24-13-11-22/h10-13,20-21H,1-9,14-19H2,(H,27,28). The van der Waals surface area contributed by atoms with Crippen LogP contribution in [0.2, 0.25) is 0 Å². The van der Waals surface area contributed by atoms with Gasteiger partial charge in [0.05, 0.1) is 0 Å². The number of carboxylic acids is 1. The molecule has 1 aliphatic heterocycles. The van der Waals surface area contributed by atoms with E-state index in [1.807, 2.05) is 12.4 Å². The third-order valence-electron chi connectivity index (χ3n) is 6.67. The summed E-state index contributed by atoms with van der Waals surface area (Å²) >= 11 is 0. The number of aromatic nitrogens is 1. The average molecular weight is 388 g/mol. The van der Waals surface area contributed by atoms with Crippen LogP contribution in [0.15, 0.2) is 24.5 Å². The molecule has 0 atom stereocenters. The van der Waals surface area contributed by atoms with Crippen LogP contribution in [0.25, 0.3) is 0 Å². The van der Waals surface area contributed by atoms with Crippen LogP contribution in [0.5, 0.6) is 0 Å². The first-order chi connectivity index (χ1) is 13.7. The highest BCUT2D eigenvalue weighted by Crippen LogP contribution is 2.33. The Bertz CT molecular complexity index is 564. The van der Waals surface area contributed by atoms with Gasteiger partial charge in [-0.2, -0.15) is 0 Å². The topological polar surface area (TPSA) is 56.7 Å². The number of rotatable bonds is 10. The van der Waals surface area contributed by atoms with Gasteiger partial charge in [0.25, 0.3) is 0 Å². The minimum atomic E-state index is -0.623. The summed E-state index contributed by atoms with van der Waals surface area (Å²) in [6.45, 7) is 5.82. The van der Waals surface area contributed by atoms with Gasteiger partial charge < -0.3 is 10.0 Å². The number of hydrogen-bond acceptors (Lipinski definition) is 4. The molecular formula is C23H37N3O2. The number of anilines is 1. The molecule has 5 heteroatoms. The van der Waals surface area contributed by atoms with Crippen LogP contribution in [0.3, 0.4) is 0 Å². The van der Waals surface area contributed by atoms with Gasteiger partial charge in [-0.25, -0.2) is 0 Å². The van der Waals surface area contributed by atoms with Gasteiger partial charge in [0.1, 0.15) is 0 Å². The van der Waals surface area contributed by atoms with Gasteiger partial charge in [-0.1, -0.05) is 38.5 Å². The first kappa shape index (κ1) is 21.1. The summed E-state index contributed by atoms with van der Waals surface area (Å²) in [4.78, 5) is 20.0. The Morgan fingerprint density at radius 1 is 0.929 bits per heavy atom. The lowest BCUT2D eigenvalue weighted by atomic mass is 9.78. The normalized spacial score (nSPS) is 23.6. The highest BCUT2D eigenvalue weighted by Gasteiger charge is 2.22. The summed E-state index contributed by atoms with van der Waals surface area (Å²) in [7, 11) is 0. The first-order valence-electron chi connectivity index (χ1n) is 11.3. The fourth-order valence-corrected chi connectivity index (χ4v) is 4.88. The summed E-state index contributed by atoms with van der Waals surface area (Å²) < 4.78 is 0. The van der Waals surface area contributed by atoms with Gasteiger partial charge in [0.15, 0.2) is 0 Å². The molecule has 1 aromatic rings. The molecule has 1 aliphatic carbocycles. The van der Waals surface area contributed by atoms with Crippen molar-refractivity contribution in [3.05, 3.63) is 24.5 Å². The molecule has 1 saturated heterocycles. The van der Waals surface area contributed by atoms with Gasteiger partial charge in [0, 0.05) is 50.7 Å². The lowest BCUT2D eigenvalue weighted by Gasteiger charge is -2.36. The second kappa shape index (κ2) is 11.4.